The minimum Gasteiger partial charge on any atom is -0.455 e. The Morgan fingerprint density at radius 3 is 1.75 bits per heavy atom. The molecule has 61 heavy (non-hydrogen) atoms. The van der Waals surface area contributed by atoms with Gasteiger partial charge in [0, 0.05) is 55.4 Å². The van der Waals surface area contributed by atoms with Gasteiger partial charge >= 0.3 is 0 Å². The topological polar surface area (TPSA) is 21.3 Å². The van der Waals surface area contributed by atoms with Crippen molar-refractivity contribution in [2.45, 2.75) is 12.8 Å². The number of benzene rings is 9. The van der Waals surface area contributed by atoms with E-state index >= 15 is 0 Å². The minimum absolute atomic E-state index is 0.878. The Morgan fingerprint density at radius 1 is 0.459 bits per heavy atom. The average molecular weight is 781 g/mol. The van der Waals surface area contributed by atoms with Crippen molar-refractivity contribution in [2.24, 2.45) is 0 Å². The summed E-state index contributed by atoms with van der Waals surface area (Å²) in [6, 6.07) is 74.6. The van der Waals surface area contributed by atoms with E-state index in [1.165, 1.54) is 71.5 Å². The van der Waals surface area contributed by atoms with E-state index in [0.717, 1.165) is 52.0 Å². The number of para-hydroxylation sites is 3. The van der Waals surface area contributed by atoms with Gasteiger partial charge in [-0.15, -0.1) is 0 Å². The van der Waals surface area contributed by atoms with Gasteiger partial charge in [0.05, 0.1) is 11.0 Å². The van der Waals surface area contributed by atoms with Crippen molar-refractivity contribution in [3.8, 4) is 27.9 Å². The quantitative estimate of drug-likeness (QED) is 0.161. The Balaban J connectivity index is 1.01. The smallest absolute Gasteiger partial charge is 0.143 e. The molecule has 0 aliphatic heterocycles. The summed E-state index contributed by atoms with van der Waals surface area (Å²) in [7, 11) is 0. The van der Waals surface area contributed by atoms with Gasteiger partial charge in [-0.2, -0.15) is 0 Å². The number of nitrogens with zero attached hydrogens (tertiary/aromatic N) is 2. The molecule has 0 N–H and O–H groups in total. The molecule has 0 atom stereocenters. The van der Waals surface area contributed by atoms with E-state index in [2.05, 4.69) is 228 Å². The fourth-order valence-corrected chi connectivity index (χ4v) is 9.63. The number of allylic oxidation sites excluding steroid dienone is 4. The minimum atomic E-state index is 0.878. The molecule has 1 aliphatic carbocycles. The molecule has 0 saturated heterocycles. The zero-order chi connectivity index (χ0) is 40.3. The highest BCUT2D eigenvalue weighted by molar-refractivity contribution is 6.21. The number of anilines is 2. The van der Waals surface area contributed by atoms with Gasteiger partial charge < -0.3 is 13.9 Å². The Labute approximate surface area is 354 Å². The second-order valence-corrected chi connectivity index (χ2v) is 16.0. The van der Waals surface area contributed by atoms with Crippen LogP contribution in [0.1, 0.15) is 18.4 Å². The number of aromatic nitrogens is 1. The first-order valence-electron chi connectivity index (χ1n) is 21.1. The summed E-state index contributed by atoms with van der Waals surface area (Å²) in [6.07, 6.45) is 6.45. The van der Waals surface area contributed by atoms with Crippen LogP contribution >= 0.6 is 0 Å². The number of hydrogen-bond donors (Lipinski definition) is 0. The maximum absolute atomic E-state index is 6.81. The van der Waals surface area contributed by atoms with Crippen molar-refractivity contribution in [3.05, 3.63) is 230 Å². The van der Waals surface area contributed by atoms with Crippen LogP contribution in [-0.2, 0) is 0 Å². The lowest BCUT2D eigenvalue weighted by Crippen LogP contribution is -2.19. The summed E-state index contributed by atoms with van der Waals surface area (Å²) in [4.78, 5) is 2.47. The van der Waals surface area contributed by atoms with Gasteiger partial charge in [0.2, 0.25) is 0 Å². The third kappa shape index (κ3) is 5.89. The van der Waals surface area contributed by atoms with Crippen LogP contribution < -0.4 is 4.90 Å². The fourth-order valence-electron chi connectivity index (χ4n) is 9.63. The van der Waals surface area contributed by atoms with Crippen LogP contribution in [0.3, 0.4) is 0 Å². The predicted octanol–water partition coefficient (Wildman–Crippen LogP) is 16.1. The van der Waals surface area contributed by atoms with Crippen molar-refractivity contribution in [2.75, 3.05) is 4.90 Å². The third-order valence-electron chi connectivity index (χ3n) is 12.4. The van der Waals surface area contributed by atoms with Crippen LogP contribution in [0.25, 0.3) is 88.0 Å². The highest BCUT2D eigenvalue weighted by Gasteiger charge is 2.25. The van der Waals surface area contributed by atoms with Gasteiger partial charge in [-0.05, 0) is 107 Å². The summed E-state index contributed by atoms with van der Waals surface area (Å²) < 4.78 is 9.20. The maximum Gasteiger partial charge on any atom is 0.143 e. The zero-order valence-electron chi connectivity index (χ0n) is 33.5. The molecule has 2 heterocycles. The third-order valence-corrected chi connectivity index (χ3v) is 12.4. The van der Waals surface area contributed by atoms with Crippen LogP contribution in [0, 0.1) is 0 Å². The van der Waals surface area contributed by atoms with Crippen molar-refractivity contribution in [1.82, 2.24) is 4.57 Å². The van der Waals surface area contributed by atoms with E-state index in [1.54, 1.807) is 0 Å². The SMILES string of the molecule is C1=CC(c2cc3ccccc3c3c2oc2ccccc23)=C(N(c2ccc(-c3ccccc3)cc2)c2ccc(-c3cccc(-n4c5ccccc5c5ccccc54)c3)cc2)CC1. The molecule has 0 amide bonds. The summed E-state index contributed by atoms with van der Waals surface area (Å²) in [5.74, 6) is 0. The van der Waals surface area contributed by atoms with E-state index in [4.69, 9.17) is 4.42 Å². The van der Waals surface area contributed by atoms with Gasteiger partial charge in [-0.25, -0.2) is 0 Å². The Hall–Kier alpha value is -7.88. The first kappa shape index (κ1) is 35.1. The lowest BCUT2D eigenvalue weighted by Gasteiger charge is -2.32. The van der Waals surface area contributed by atoms with Crippen molar-refractivity contribution in [3.63, 3.8) is 0 Å². The monoisotopic (exact) mass is 780 g/mol. The molecular weight excluding hydrogens is 741 g/mol. The van der Waals surface area contributed by atoms with Crippen molar-refractivity contribution >= 4 is 71.5 Å². The van der Waals surface area contributed by atoms with E-state index in [0.29, 0.717) is 0 Å². The molecule has 11 aromatic rings. The molecule has 1 aliphatic rings. The fraction of sp³-hybridized carbons (Fsp3) is 0.0345. The van der Waals surface area contributed by atoms with Crippen molar-refractivity contribution < 1.29 is 4.42 Å². The largest absolute Gasteiger partial charge is 0.455 e. The van der Waals surface area contributed by atoms with Gasteiger partial charge in [0.15, 0.2) is 0 Å². The second kappa shape index (κ2) is 14.4. The Kier molecular flexibility index (Phi) is 8.31. The maximum atomic E-state index is 6.81. The Bertz CT molecular complexity index is 3460. The van der Waals surface area contributed by atoms with Crippen LogP contribution in [0.15, 0.2) is 229 Å². The molecule has 0 fully saturated rings. The van der Waals surface area contributed by atoms with E-state index < -0.39 is 0 Å². The Morgan fingerprint density at radius 2 is 1.03 bits per heavy atom. The molecule has 0 bridgehead atoms. The molecule has 0 saturated carbocycles. The highest BCUT2D eigenvalue weighted by atomic mass is 16.3. The summed E-state index contributed by atoms with van der Waals surface area (Å²) in [5, 5.41) is 7.25. The molecule has 12 rings (SSSR count). The van der Waals surface area contributed by atoms with Crippen LogP contribution in [-0.4, -0.2) is 4.57 Å². The van der Waals surface area contributed by atoms with E-state index in [1.807, 2.05) is 0 Å². The first-order valence-corrected chi connectivity index (χ1v) is 21.1. The van der Waals surface area contributed by atoms with Crippen LogP contribution in [0.2, 0.25) is 0 Å². The number of furan rings is 1. The molecule has 9 aromatic carbocycles. The van der Waals surface area contributed by atoms with Crippen LogP contribution in [0.4, 0.5) is 11.4 Å². The molecule has 288 valence electrons. The summed E-state index contributed by atoms with van der Waals surface area (Å²) in [5.41, 5.74) is 15.9. The highest BCUT2D eigenvalue weighted by Crippen LogP contribution is 2.45. The average Bonchev–Trinajstić information content (AvgIpc) is 3.89. The molecule has 0 unspecified atom stereocenters. The number of rotatable bonds is 7. The molecular formula is C58H40N2O. The van der Waals surface area contributed by atoms with Gasteiger partial charge in [-0.1, -0.05) is 158 Å². The van der Waals surface area contributed by atoms with Gasteiger partial charge in [-0.3, -0.25) is 0 Å². The van der Waals surface area contributed by atoms with Crippen LogP contribution in [0.5, 0.6) is 0 Å². The van der Waals surface area contributed by atoms with E-state index in [9.17, 15) is 0 Å². The van der Waals surface area contributed by atoms with E-state index in [-0.39, 0.29) is 0 Å². The summed E-state index contributed by atoms with van der Waals surface area (Å²) >= 11 is 0. The lowest BCUT2D eigenvalue weighted by atomic mass is 9.91. The van der Waals surface area contributed by atoms with Crippen molar-refractivity contribution in [1.29, 1.82) is 0 Å². The predicted molar refractivity (Wildman–Crippen MR) is 257 cm³/mol. The van der Waals surface area contributed by atoms with Gasteiger partial charge in [0.25, 0.3) is 0 Å². The molecule has 2 aromatic heterocycles. The molecule has 3 heteroatoms. The number of fused-ring (bicyclic) bond motifs is 8. The second-order valence-electron chi connectivity index (χ2n) is 16.0. The number of hydrogen-bond acceptors (Lipinski definition) is 2. The zero-order valence-corrected chi connectivity index (χ0v) is 33.5. The van der Waals surface area contributed by atoms with Gasteiger partial charge in [0.1, 0.15) is 11.2 Å². The lowest BCUT2D eigenvalue weighted by molar-refractivity contribution is 0.668. The summed E-state index contributed by atoms with van der Waals surface area (Å²) in [6.45, 7) is 0. The first-order chi connectivity index (χ1) is 30.3. The standard InChI is InChI=1S/C58H40N2O/c1-2-15-39(16-3-1)40-29-33-44(34-30-40)59(53-25-10-8-23-50(53)52-38-43-17-4-5-20-47(43)57-51-24-9-13-28-56(51)61-58(52)57)45-35-31-41(32-36-45)42-18-14-19-46(37-42)60-54-26-11-6-21-48(54)49-22-7-12-27-55(49)60/h1-9,11-24,26-38H,10,25H2. The molecule has 0 spiro atoms. The molecule has 3 nitrogen and oxygen atoms in total. The normalized spacial score (nSPS) is 13.0. The molecule has 0 radical (unpaired) electrons.